The number of rotatable bonds is 10. The summed E-state index contributed by atoms with van der Waals surface area (Å²) >= 11 is -2.05. The Morgan fingerprint density at radius 2 is 2.18 bits per heavy atom. The normalized spacial score (nSPS) is 16.2. The molecule has 2 N–H and O–H groups in total. The van der Waals surface area contributed by atoms with Crippen LogP contribution in [-0.2, 0) is 15.9 Å². The van der Waals surface area contributed by atoms with E-state index in [1.165, 1.54) is 6.34 Å². The molecule has 0 aliphatic carbocycles. The van der Waals surface area contributed by atoms with Gasteiger partial charge in [0, 0.05) is 31.3 Å². The number of nitrogens with zero attached hydrogens (tertiary/aromatic N) is 3. The van der Waals surface area contributed by atoms with Crippen LogP contribution >= 0.6 is 0 Å². The van der Waals surface area contributed by atoms with Crippen LogP contribution in [-0.4, -0.2) is 51.1 Å². The molecule has 22 heavy (non-hydrogen) atoms. The van der Waals surface area contributed by atoms with Gasteiger partial charge >= 0.3 is 0 Å². The van der Waals surface area contributed by atoms with Crippen LogP contribution in [0.15, 0.2) is 33.8 Å². The van der Waals surface area contributed by atoms with Gasteiger partial charge in [0.1, 0.15) is 5.76 Å². The summed E-state index contributed by atoms with van der Waals surface area (Å²) in [5.41, 5.74) is 6.31. The Morgan fingerprint density at radius 3 is 2.68 bits per heavy atom. The second kappa shape index (κ2) is 11.9. The molecule has 0 aromatic carbocycles. The molecular formula is C14H25N4O3S-. The molecule has 0 aromatic rings. The second-order valence-electron chi connectivity index (χ2n) is 4.48. The van der Waals surface area contributed by atoms with Crippen molar-refractivity contribution in [3.63, 3.8) is 0 Å². The molecule has 0 saturated heterocycles. The Kier molecular flexibility index (Phi) is 11.0. The average molecular weight is 329 g/mol. The quantitative estimate of drug-likeness (QED) is 0.214. The van der Waals surface area contributed by atoms with Gasteiger partial charge in [-0.25, -0.2) is 0 Å². The third-order valence-electron chi connectivity index (χ3n) is 2.75. The fourth-order valence-corrected chi connectivity index (χ4v) is 2.03. The van der Waals surface area contributed by atoms with Gasteiger partial charge in [-0.1, -0.05) is 16.2 Å². The standard InChI is InChI=1S/C14H26N4O3S/c1-5-17-21-13(4)9-14(16-11-15)12(3)10-18(6-2)7-8-22(19)20/h5,9-11,14H,6-8H2,1-4H3,(H2,15,16)(H,19,20)/p-1/b12-10+,13-9+,17-5+. The summed E-state index contributed by atoms with van der Waals surface area (Å²) in [6.07, 6.45) is 6.46. The predicted molar refractivity (Wildman–Crippen MR) is 90.3 cm³/mol. The van der Waals surface area contributed by atoms with E-state index in [9.17, 15) is 8.76 Å². The molecule has 0 aliphatic rings. The maximum atomic E-state index is 10.7. The van der Waals surface area contributed by atoms with Crippen LogP contribution < -0.4 is 5.73 Å². The highest BCUT2D eigenvalue weighted by Crippen LogP contribution is 2.12. The van der Waals surface area contributed by atoms with Gasteiger partial charge in [0.05, 0.1) is 12.4 Å². The van der Waals surface area contributed by atoms with E-state index in [0.29, 0.717) is 18.8 Å². The molecule has 0 spiro atoms. The molecule has 0 amide bonds. The summed E-state index contributed by atoms with van der Waals surface area (Å²) in [5.74, 6) is 0.691. The van der Waals surface area contributed by atoms with Gasteiger partial charge in [-0.15, -0.1) is 0 Å². The van der Waals surface area contributed by atoms with Crippen molar-refractivity contribution in [2.24, 2.45) is 15.9 Å². The molecule has 8 heteroatoms. The van der Waals surface area contributed by atoms with Crippen LogP contribution in [0.2, 0.25) is 0 Å². The van der Waals surface area contributed by atoms with Crippen LogP contribution in [0, 0.1) is 0 Å². The third-order valence-corrected chi connectivity index (χ3v) is 3.26. The minimum atomic E-state index is -2.05. The van der Waals surface area contributed by atoms with Crippen molar-refractivity contribution < 1.29 is 13.6 Å². The largest absolute Gasteiger partial charge is 0.772 e. The van der Waals surface area contributed by atoms with Gasteiger partial charge in [-0.2, -0.15) is 0 Å². The third kappa shape index (κ3) is 9.30. The minimum Gasteiger partial charge on any atom is -0.772 e. The van der Waals surface area contributed by atoms with Gasteiger partial charge in [-0.05, 0) is 39.3 Å². The zero-order valence-electron chi connectivity index (χ0n) is 13.6. The fourth-order valence-electron chi connectivity index (χ4n) is 1.64. The van der Waals surface area contributed by atoms with E-state index in [4.69, 9.17) is 10.6 Å². The van der Waals surface area contributed by atoms with E-state index >= 15 is 0 Å². The Balaban J connectivity index is 5.05. The van der Waals surface area contributed by atoms with E-state index < -0.39 is 11.1 Å². The maximum Gasteiger partial charge on any atom is 0.130 e. The molecule has 0 bridgehead atoms. The molecular weight excluding hydrogens is 304 g/mol. The van der Waals surface area contributed by atoms with Crippen LogP contribution in [0.3, 0.4) is 0 Å². The summed E-state index contributed by atoms with van der Waals surface area (Å²) < 4.78 is 21.3. The highest BCUT2D eigenvalue weighted by atomic mass is 32.2. The smallest absolute Gasteiger partial charge is 0.130 e. The lowest BCUT2D eigenvalue weighted by atomic mass is 10.1. The average Bonchev–Trinajstić information content (AvgIpc) is 2.48. The maximum absolute atomic E-state index is 10.7. The minimum absolute atomic E-state index is 0.0889. The predicted octanol–water partition coefficient (Wildman–Crippen LogP) is 1.37. The molecule has 0 saturated carbocycles. The van der Waals surface area contributed by atoms with Gasteiger partial charge in [-0.3, -0.25) is 9.20 Å². The zero-order valence-corrected chi connectivity index (χ0v) is 14.4. The van der Waals surface area contributed by atoms with E-state index in [2.05, 4.69) is 10.1 Å². The van der Waals surface area contributed by atoms with Crippen molar-refractivity contribution in [3.8, 4) is 0 Å². The lowest BCUT2D eigenvalue weighted by molar-refractivity contribution is 0.229. The van der Waals surface area contributed by atoms with E-state index in [1.807, 2.05) is 24.9 Å². The number of hydrogen-bond acceptors (Lipinski definition) is 6. The SMILES string of the molecule is C/C=N/O/C(C)=C/C(N=CN)/C(C)=C/N(CC)CCS(=O)[O-]. The first kappa shape index (κ1) is 20.3. The number of nitrogens with two attached hydrogens (primary N) is 1. The molecule has 0 rings (SSSR count). The van der Waals surface area contributed by atoms with Crippen LogP contribution in [0.4, 0.5) is 0 Å². The van der Waals surface area contributed by atoms with Crippen LogP contribution in [0.25, 0.3) is 0 Å². The number of aliphatic imine (C=N–C) groups is 1. The van der Waals surface area contributed by atoms with Crippen LogP contribution in [0.5, 0.6) is 0 Å². The Hall–Kier alpha value is -1.67. The van der Waals surface area contributed by atoms with Crippen molar-refractivity contribution in [2.75, 3.05) is 18.8 Å². The Morgan fingerprint density at radius 1 is 1.50 bits per heavy atom. The van der Waals surface area contributed by atoms with E-state index in [-0.39, 0.29) is 11.8 Å². The van der Waals surface area contributed by atoms with E-state index in [1.54, 1.807) is 26.1 Å². The molecule has 126 valence electrons. The summed E-state index contributed by atoms with van der Waals surface area (Å²) in [6.45, 7) is 8.53. The summed E-state index contributed by atoms with van der Waals surface area (Å²) in [4.78, 5) is 11.2. The molecule has 7 nitrogen and oxygen atoms in total. The molecule has 0 radical (unpaired) electrons. The highest BCUT2D eigenvalue weighted by Gasteiger charge is 2.08. The summed E-state index contributed by atoms with van der Waals surface area (Å²) in [6, 6.07) is -0.288. The van der Waals surface area contributed by atoms with E-state index in [0.717, 1.165) is 5.57 Å². The van der Waals surface area contributed by atoms with Crippen molar-refractivity contribution in [2.45, 2.75) is 33.7 Å². The summed E-state index contributed by atoms with van der Waals surface area (Å²) in [5, 5.41) is 3.70. The molecule has 0 aliphatic heterocycles. The monoisotopic (exact) mass is 329 g/mol. The first-order valence-electron chi connectivity index (χ1n) is 6.99. The molecule has 2 atom stereocenters. The molecule has 2 unspecified atom stereocenters. The van der Waals surface area contributed by atoms with Crippen molar-refractivity contribution in [3.05, 3.63) is 23.6 Å². The van der Waals surface area contributed by atoms with Gasteiger partial charge < -0.3 is 20.0 Å². The van der Waals surface area contributed by atoms with Crippen molar-refractivity contribution in [1.29, 1.82) is 0 Å². The molecule has 0 fully saturated rings. The Bertz CT molecular complexity index is 461. The van der Waals surface area contributed by atoms with Crippen LogP contribution in [0.1, 0.15) is 27.7 Å². The fraction of sp³-hybridized carbons (Fsp3) is 0.571. The first-order chi connectivity index (χ1) is 10.4. The van der Waals surface area contributed by atoms with Gasteiger partial charge in [0.2, 0.25) is 0 Å². The lowest BCUT2D eigenvalue weighted by Crippen LogP contribution is -2.24. The Labute approximate surface area is 134 Å². The molecule has 0 aromatic heterocycles. The molecule has 0 heterocycles. The number of allylic oxidation sites excluding steroid dienone is 1. The topological polar surface area (TPSA) is 103 Å². The van der Waals surface area contributed by atoms with Gasteiger partial charge in [0.25, 0.3) is 0 Å². The first-order valence-corrected chi connectivity index (χ1v) is 8.24. The second-order valence-corrected chi connectivity index (χ2v) is 5.50. The van der Waals surface area contributed by atoms with Gasteiger partial charge in [0.15, 0.2) is 0 Å². The summed E-state index contributed by atoms with van der Waals surface area (Å²) in [7, 11) is 0. The number of oxime groups is 1. The van der Waals surface area contributed by atoms with Crippen molar-refractivity contribution in [1.82, 2.24) is 4.90 Å². The zero-order chi connectivity index (χ0) is 17.0. The lowest BCUT2D eigenvalue weighted by Gasteiger charge is -2.21. The highest BCUT2D eigenvalue weighted by molar-refractivity contribution is 7.79. The number of hydrogen-bond donors (Lipinski definition) is 1. The van der Waals surface area contributed by atoms with Crippen molar-refractivity contribution >= 4 is 23.6 Å².